The summed E-state index contributed by atoms with van der Waals surface area (Å²) in [4.78, 5) is 2.88. The smallest absolute Gasteiger partial charge is 0.155 e. The van der Waals surface area contributed by atoms with Gasteiger partial charge in [0, 0.05) is 29.8 Å². The lowest BCUT2D eigenvalue weighted by Crippen LogP contribution is -1.98. The number of hydrogen-bond donors (Lipinski definition) is 2. The van der Waals surface area contributed by atoms with Crippen molar-refractivity contribution >= 4 is 16.7 Å². The van der Waals surface area contributed by atoms with Gasteiger partial charge < -0.3 is 10.7 Å². The van der Waals surface area contributed by atoms with Crippen molar-refractivity contribution in [2.45, 2.75) is 0 Å². The van der Waals surface area contributed by atoms with Gasteiger partial charge in [-0.05, 0) is 6.07 Å². The monoisotopic (exact) mass is 230 g/mol. The Hall–Kier alpha value is -2.30. The molecule has 3 rings (SSSR count). The van der Waals surface area contributed by atoms with Crippen LogP contribution in [0.2, 0.25) is 0 Å². The summed E-state index contributed by atoms with van der Waals surface area (Å²) in [6.45, 7) is 0. The van der Waals surface area contributed by atoms with Gasteiger partial charge in [0.1, 0.15) is 5.82 Å². The maximum atomic E-state index is 14.3. The minimum atomic E-state index is -0.299. The number of nitrogens with one attached hydrogen (secondary N) is 1. The van der Waals surface area contributed by atoms with Crippen LogP contribution in [0.5, 0.6) is 0 Å². The molecule has 0 aliphatic carbocycles. The Bertz CT molecular complexity index is 696. The van der Waals surface area contributed by atoms with E-state index in [1.807, 2.05) is 12.1 Å². The van der Waals surface area contributed by atoms with Crippen LogP contribution < -0.4 is 5.73 Å². The average molecular weight is 230 g/mol. The lowest BCUT2D eigenvalue weighted by Gasteiger charge is -2.03. The number of aryl methyl sites for hydroxylation is 1. The van der Waals surface area contributed by atoms with E-state index in [4.69, 9.17) is 5.73 Å². The molecule has 17 heavy (non-hydrogen) atoms. The van der Waals surface area contributed by atoms with Crippen LogP contribution in [-0.2, 0) is 7.05 Å². The predicted octanol–water partition coefficient (Wildman–Crippen LogP) is 2.29. The van der Waals surface area contributed by atoms with Crippen molar-refractivity contribution in [1.29, 1.82) is 0 Å². The Morgan fingerprint density at radius 1 is 1.29 bits per heavy atom. The molecule has 0 fully saturated rings. The normalized spacial score (nSPS) is 11.2. The van der Waals surface area contributed by atoms with E-state index in [1.165, 1.54) is 4.68 Å². The molecule has 0 saturated heterocycles. The zero-order chi connectivity index (χ0) is 12.0. The molecule has 0 unspecified atom stereocenters. The minimum absolute atomic E-state index is 0.299. The van der Waals surface area contributed by atoms with Crippen molar-refractivity contribution in [2.24, 2.45) is 7.05 Å². The number of nitrogens with two attached hydrogens (primary N) is 1. The van der Waals surface area contributed by atoms with Crippen LogP contribution >= 0.6 is 0 Å². The number of aromatic nitrogens is 3. The summed E-state index contributed by atoms with van der Waals surface area (Å²) in [5.41, 5.74) is 7.41. The van der Waals surface area contributed by atoms with E-state index in [0.29, 0.717) is 22.5 Å². The molecule has 4 nitrogen and oxygen atoms in total. The topological polar surface area (TPSA) is 59.6 Å². The number of halogens is 1. The van der Waals surface area contributed by atoms with E-state index in [9.17, 15) is 4.39 Å². The van der Waals surface area contributed by atoms with Gasteiger partial charge in [-0.15, -0.1) is 0 Å². The molecular formula is C12H11FN4. The molecule has 2 aromatic heterocycles. The van der Waals surface area contributed by atoms with E-state index in [1.54, 1.807) is 25.5 Å². The molecule has 1 aromatic carbocycles. The van der Waals surface area contributed by atoms with Gasteiger partial charge in [0.25, 0.3) is 0 Å². The van der Waals surface area contributed by atoms with Gasteiger partial charge in [-0.3, -0.25) is 4.68 Å². The third-order valence-corrected chi connectivity index (χ3v) is 2.94. The molecule has 86 valence electrons. The van der Waals surface area contributed by atoms with Gasteiger partial charge in [-0.2, -0.15) is 5.10 Å². The third-order valence-electron chi connectivity index (χ3n) is 2.94. The second kappa shape index (κ2) is 3.35. The molecular weight excluding hydrogens is 219 g/mol. The largest absolute Gasteiger partial charge is 0.383 e. The Labute approximate surface area is 96.9 Å². The Morgan fingerprint density at radius 2 is 2.12 bits per heavy atom. The fourth-order valence-electron chi connectivity index (χ4n) is 1.95. The highest BCUT2D eigenvalue weighted by Gasteiger charge is 2.14. The van der Waals surface area contributed by atoms with Crippen LogP contribution in [0.15, 0.2) is 30.6 Å². The van der Waals surface area contributed by atoms with E-state index >= 15 is 0 Å². The molecule has 0 aliphatic heterocycles. The highest BCUT2D eigenvalue weighted by Crippen LogP contribution is 2.31. The second-order valence-electron chi connectivity index (χ2n) is 3.94. The summed E-state index contributed by atoms with van der Waals surface area (Å²) < 4.78 is 15.8. The second-order valence-corrected chi connectivity index (χ2v) is 3.94. The summed E-state index contributed by atoms with van der Waals surface area (Å²) in [5.74, 6) is 0.155. The zero-order valence-electron chi connectivity index (χ0n) is 9.24. The molecule has 0 atom stereocenters. The van der Waals surface area contributed by atoms with Crippen LogP contribution in [0.25, 0.3) is 22.0 Å². The first kappa shape index (κ1) is 9.89. The maximum absolute atomic E-state index is 14.3. The third kappa shape index (κ3) is 1.32. The number of hydrogen-bond acceptors (Lipinski definition) is 2. The number of benzene rings is 1. The van der Waals surface area contributed by atoms with Gasteiger partial charge in [-0.25, -0.2) is 4.39 Å². The van der Waals surface area contributed by atoms with Gasteiger partial charge in [-0.1, -0.05) is 12.1 Å². The van der Waals surface area contributed by atoms with Crippen LogP contribution in [0.4, 0.5) is 10.2 Å². The van der Waals surface area contributed by atoms with Crippen LogP contribution in [0.1, 0.15) is 0 Å². The zero-order valence-corrected chi connectivity index (χ0v) is 9.24. The van der Waals surface area contributed by atoms with Crippen molar-refractivity contribution in [1.82, 2.24) is 14.8 Å². The number of rotatable bonds is 1. The average Bonchev–Trinajstić information content (AvgIpc) is 2.90. The Morgan fingerprint density at radius 3 is 2.82 bits per heavy atom. The fourth-order valence-corrected chi connectivity index (χ4v) is 1.95. The van der Waals surface area contributed by atoms with E-state index in [2.05, 4.69) is 10.1 Å². The van der Waals surface area contributed by atoms with Gasteiger partial charge >= 0.3 is 0 Å². The summed E-state index contributed by atoms with van der Waals surface area (Å²) >= 11 is 0. The molecule has 0 saturated carbocycles. The first-order valence-corrected chi connectivity index (χ1v) is 5.22. The summed E-state index contributed by atoms with van der Waals surface area (Å²) in [6.07, 6.45) is 3.28. The molecule has 0 aliphatic rings. The highest BCUT2D eigenvalue weighted by molar-refractivity contribution is 5.87. The summed E-state index contributed by atoms with van der Waals surface area (Å²) in [6, 6.07) is 5.41. The molecule has 2 heterocycles. The van der Waals surface area contributed by atoms with Crippen molar-refractivity contribution in [3.8, 4) is 11.1 Å². The van der Waals surface area contributed by atoms with E-state index < -0.39 is 0 Å². The van der Waals surface area contributed by atoms with Crippen molar-refractivity contribution in [2.75, 3.05) is 5.73 Å². The standard InChI is InChI=1S/C12H11FN4/c1-17-12(14)9(6-16-17)8-3-2-7-4-5-15-11(7)10(8)13/h2-6,15H,14H2,1H3. The number of nitrogens with zero attached hydrogens (tertiary/aromatic N) is 2. The van der Waals surface area contributed by atoms with E-state index in [-0.39, 0.29) is 5.82 Å². The SMILES string of the molecule is Cn1ncc(-c2ccc3cc[nH]c3c2F)c1N. The van der Waals surface area contributed by atoms with Crippen LogP contribution in [0, 0.1) is 5.82 Å². The van der Waals surface area contributed by atoms with Crippen molar-refractivity contribution in [3.63, 3.8) is 0 Å². The van der Waals surface area contributed by atoms with Crippen molar-refractivity contribution < 1.29 is 4.39 Å². The quantitative estimate of drug-likeness (QED) is 0.673. The maximum Gasteiger partial charge on any atom is 0.155 e. The van der Waals surface area contributed by atoms with Crippen LogP contribution in [-0.4, -0.2) is 14.8 Å². The molecule has 0 spiro atoms. The number of anilines is 1. The predicted molar refractivity (Wildman–Crippen MR) is 64.9 cm³/mol. The Kier molecular flexibility index (Phi) is 1.95. The van der Waals surface area contributed by atoms with Gasteiger partial charge in [0.2, 0.25) is 0 Å². The van der Waals surface area contributed by atoms with E-state index in [0.717, 1.165) is 5.39 Å². The lowest BCUT2D eigenvalue weighted by molar-refractivity contribution is 0.641. The fraction of sp³-hybridized carbons (Fsp3) is 0.0833. The molecule has 0 bridgehead atoms. The first-order valence-electron chi connectivity index (χ1n) is 5.22. The number of aromatic amines is 1. The summed E-state index contributed by atoms with van der Waals surface area (Å²) in [7, 11) is 1.73. The number of H-pyrrole nitrogens is 1. The van der Waals surface area contributed by atoms with Crippen molar-refractivity contribution in [3.05, 3.63) is 36.4 Å². The molecule has 3 aromatic rings. The molecule has 0 radical (unpaired) electrons. The van der Waals surface area contributed by atoms with Gasteiger partial charge in [0.15, 0.2) is 5.82 Å². The van der Waals surface area contributed by atoms with Crippen LogP contribution in [0.3, 0.4) is 0 Å². The minimum Gasteiger partial charge on any atom is -0.383 e. The summed E-state index contributed by atoms with van der Waals surface area (Å²) in [5, 5.41) is 4.86. The lowest BCUT2D eigenvalue weighted by atomic mass is 10.1. The number of fused-ring (bicyclic) bond motifs is 1. The number of nitrogen functional groups attached to an aromatic ring is 1. The molecule has 0 amide bonds. The Balaban J connectivity index is 2.30. The molecule has 5 heteroatoms. The molecule has 3 N–H and O–H groups in total. The first-order chi connectivity index (χ1) is 8.18. The van der Waals surface area contributed by atoms with Gasteiger partial charge in [0.05, 0.1) is 11.7 Å². The highest BCUT2D eigenvalue weighted by atomic mass is 19.1.